The molecule has 0 spiro atoms. The molecule has 0 atom stereocenters. The second kappa shape index (κ2) is 9.49. The van der Waals surface area contributed by atoms with Crippen LogP contribution in [0.2, 0.25) is 0 Å². The summed E-state index contributed by atoms with van der Waals surface area (Å²) in [7, 11) is 1.56. The lowest BCUT2D eigenvalue weighted by Gasteiger charge is -2.08. The van der Waals surface area contributed by atoms with E-state index in [1.165, 1.54) is 6.08 Å². The Kier molecular flexibility index (Phi) is 6.77. The van der Waals surface area contributed by atoms with Crippen LogP contribution in [0.3, 0.4) is 0 Å². The maximum atomic E-state index is 11.7. The third kappa shape index (κ3) is 5.69. The molecule has 0 aromatic heterocycles. The highest BCUT2D eigenvalue weighted by Gasteiger charge is 2.06. The van der Waals surface area contributed by atoms with Crippen LogP contribution >= 0.6 is 0 Å². The quantitative estimate of drug-likeness (QED) is 0.611. The van der Waals surface area contributed by atoms with Gasteiger partial charge in [0.1, 0.15) is 17.6 Å². The van der Waals surface area contributed by atoms with Crippen molar-refractivity contribution >= 4 is 17.9 Å². The Labute approximate surface area is 150 Å². The molecule has 0 fully saturated rings. The summed E-state index contributed by atoms with van der Waals surface area (Å²) in [6.45, 7) is -0.335. The number of nitrogens with one attached hydrogen (secondary N) is 2. The molecule has 0 heterocycles. The summed E-state index contributed by atoms with van der Waals surface area (Å²) >= 11 is 0. The van der Waals surface area contributed by atoms with Crippen molar-refractivity contribution in [3.63, 3.8) is 0 Å². The molecule has 0 radical (unpaired) electrons. The maximum Gasteiger partial charge on any atom is 0.276 e. The van der Waals surface area contributed by atoms with E-state index in [0.29, 0.717) is 17.1 Å². The van der Waals surface area contributed by atoms with Gasteiger partial charge >= 0.3 is 0 Å². The summed E-state index contributed by atoms with van der Waals surface area (Å²) in [5, 5.41) is 8.94. The van der Waals surface area contributed by atoms with Gasteiger partial charge in [0.25, 0.3) is 11.8 Å². The Bertz CT molecular complexity index is 856. The lowest BCUT2D eigenvalue weighted by molar-refractivity contribution is -0.128. The molecule has 0 aliphatic rings. The number of nitrogens with zero attached hydrogens (tertiary/aromatic N) is 1. The van der Waals surface area contributed by atoms with Crippen molar-refractivity contribution in [1.29, 1.82) is 5.26 Å². The van der Waals surface area contributed by atoms with Crippen LogP contribution in [-0.2, 0) is 9.59 Å². The van der Waals surface area contributed by atoms with Crippen molar-refractivity contribution < 1.29 is 19.1 Å². The summed E-state index contributed by atoms with van der Waals surface area (Å²) in [5.41, 5.74) is 5.58. The van der Waals surface area contributed by atoms with Crippen LogP contribution in [0.4, 0.5) is 0 Å². The van der Waals surface area contributed by atoms with E-state index in [1.54, 1.807) is 55.7 Å². The number of ether oxygens (including phenoxy) is 2. The Hall–Kier alpha value is -3.79. The highest BCUT2D eigenvalue weighted by molar-refractivity contribution is 5.93. The zero-order chi connectivity index (χ0) is 18.8. The Morgan fingerprint density at radius 2 is 1.96 bits per heavy atom. The molecule has 0 unspecified atom stereocenters. The SMILES string of the molecule is COc1cccc(/C=C/C(=O)NNC(=O)COc2ccccc2C#N)c1. The maximum absolute atomic E-state index is 11.7. The lowest BCUT2D eigenvalue weighted by Crippen LogP contribution is -2.43. The van der Waals surface area contributed by atoms with Gasteiger partial charge in [-0.2, -0.15) is 5.26 Å². The molecule has 2 amide bonds. The molecule has 7 nitrogen and oxygen atoms in total. The normalized spacial score (nSPS) is 10.0. The molecular formula is C19H17N3O4. The van der Waals surface area contributed by atoms with Gasteiger partial charge in [-0.25, -0.2) is 0 Å². The minimum atomic E-state index is -0.555. The van der Waals surface area contributed by atoms with E-state index < -0.39 is 11.8 Å². The van der Waals surface area contributed by atoms with Gasteiger partial charge in [-0.15, -0.1) is 0 Å². The van der Waals surface area contributed by atoms with Gasteiger partial charge in [-0.3, -0.25) is 20.4 Å². The monoisotopic (exact) mass is 351 g/mol. The molecule has 0 aliphatic heterocycles. The van der Waals surface area contributed by atoms with Crippen molar-refractivity contribution in [2.24, 2.45) is 0 Å². The van der Waals surface area contributed by atoms with Crippen LogP contribution in [0.25, 0.3) is 6.08 Å². The van der Waals surface area contributed by atoms with Crippen LogP contribution in [0.1, 0.15) is 11.1 Å². The van der Waals surface area contributed by atoms with Gasteiger partial charge in [-0.1, -0.05) is 24.3 Å². The third-order valence-electron chi connectivity index (χ3n) is 3.21. The first-order valence-corrected chi connectivity index (χ1v) is 7.65. The van der Waals surface area contributed by atoms with Gasteiger partial charge in [-0.05, 0) is 35.9 Å². The minimum Gasteiger partial charge on any atom is -0.497 e. The highest BCUT2D eigenvalue weighted by Crippen LogP contribution is 2.16. The van der Waals surface area contributed by atoms with E-state index in [0.717, 1.165) is 5.56 Å². The van der Waals surface area contributed by atoms with Crippen LogP contribution < -0.4 is 20.3 Å². The number of hydrazine groups is 1. The summed E-state index contributed by atoms with van der Waals surface area (Å²) in [6, 6.07) is 15.7. The number of nitriles is 1. The fourth-order valence-electron chi connectivity index (χ4n) is 1.95. The largest absolute Gasteiger partial charge is 0.497 e. The van der Waals surface area contributed by atoms with Crippen molar-refractivity contribution in [2.45, 2.75) is 0 Å². The average molecular weight is 351 g/mol. The molecule has 2 aromatic carbocycles. The van der Waals surface area contributed by atoms with Gasteiger partial charge < -0.3 is 9.47 Å². The van der Waals surface area contributed by atoms with E-state index >= 15 is 0 Å². The topological polar surface area (TPSA) is 100 Å². The number of para-hydroxylation sites is 1. The van der Waals surface area contributed by atoms with E-state index in [4.69, 9.17) is 14.7 Å². The van der Waals surface area contributed by atoms with Crippen LogP contribution in [-0.4, -0.2) is 25.5 Å². The van der Waals surface area contributed by atoms with E-state index in [-0.39, 0.29) is 6.61 Å². The third-order valence-corrected chi connectivity index (χ3v) is 3.21. The van der Waals surface area contributed by atoms with Crippen molar-refractivity contribution in [1.82, 2.24) is 10.9 Å². The second-order valence-electron chi connectivity index (χ2n) is 5.04. The van der Waals surface area contributed by atoms with Gasteiger partial charge in [0.05, 0.1) is 12.7 Å². The molecule has 0 aliphatic carbocycles. The molecule has 0 saturated carbocycles. The predicted molar refractivity (Wildman–Crippen MR) is 95.0 cm³/mol. The number of hydrogen-bond donors (Lipinski definition) is 2. The minimum absolute atomic E-state index is 0.300. The van der Waals surface area contributed by atoms with E-state index in [1.807, 2.05) is 12.1 Å². The Morgan fingerprint density at radius 3 is 2.73 bits per heavy atom. The fourth-order valence-corrected chi connectivity index (χ4v) is 1.95. The summed E-state index contributed by atoms with van der Waals surface area (Å²) in [4.78, 5) is 23.4. The number of carbonyl (C=O) groups is 2. The zero-order valence-corrected chi connectivity index (χ0v) is 14.1. The van der Waals surface area contributed by atoms with Crippen LogP contribution in [0, 0.1) is 11.3 Å². The Balaban J connectivity index is 1.78. The highest BCUT2D eigenvalue weighted by atomic mass is 16.5. The molecule has 7 heteroatoms. The number of rotatable bonds is 6. The van der Waals surface area contributed by atoms with E-state index in [9.17, 15) is 9.59 Å². The zero-order valence-electron chi connectivity index (χ0n) is 14.1. The number of amides is 2. The molecule has 0 saturated heterocycles. The predicted octanol–water partition coefficient (Wildman–Crippen LogP) is 1.81. The molecule has 26 heavy (non-hydrogen) atoms. The number of methoxy groups -OCH3 is 1. The first-order valence-electron chi connectivity index (χ1n) is 7.65. The molecule has 2 N–H and O–H groups in total. The summed E-state index contributed by atoms with van der Waals surface area (Å²) in [5.74, 6) is -0.0791. The van der Waals surface area contributed by atoms with Gasteiger partial charge in [0, 0.05) is 6.08 Å². The summed E-state index contributed by atoms with van der Waals surface area (Å²) in [6.07, 6.45) is 2.87. The first kappa shape index (κ1) is 18.5. The van der Waals surface area contributed by atoms with Gasteiger partial charge in [0.15, 0.2) is 6.61 Å². The van der Waals surface area contributed by atoms with Crippen molar-refractivity contribution in [2.75, 3.05) is 13.7 Å². The lowest BCUT2D eigenvalue weighted by atomic mass is 10.2. The molecule has 132 valence electrons. The second-order valence-corrected chi connectivity index (χ2v) is 5.04. The first-order chi connectivity index (χ1) is 12.6. The van der Waals surface area contributed by atoms with E-state index in [2.05, 4.69) is 10.9 Å². The fraction of sp³-hybridized carbons (Fsp3) is 0.105. The molecule has 0 bridgehead atoms. The number of carbonyl (C=O) groups excluding carboxylic acids is 2. The van der Waals surface area contributed by atoms with Gasteiger partial charge in [0.2, 0.25) is 0 Å². The number of benzene rings is 2. The van der Waals surface area contributed by atoms with Crippen molar-refractivity contribution in [3.8, 4) is 17.6 Å². The smallest absolute Gasteiger partial charge is 0.276 e. The molecule has 2 rings (SSSR count). The Morgan fingerprint density at radius 1 is 1.15 bits per heavy atom. The van der Waals surface area contributed by atoms with Crippen molar-refractivity contribution in [3.05, 3.63) is 65.7 Å². The number of hydrogen-bond acceptors (Lipinski definition) is 5. The summed E-state index contributed by atoms with van der Waals surface area (Å²) < 4.78 is 10.4. The van der Waals surface area contributed by atoms with Crippen LogP contribution in [0.15, 0.2) is 54.6 Å². The molecular weight excluding hydrogens is 334 g/mol. The van der Waals surface area contributed by atoms with Crippen LogP contribution in [0.5, 0.6) is 11.5 Å². The standard InChI is InChI=1S/C19H17N3O4/c1-25-16-7-4-5-14(11-16)9-10-18(23)21-22-19(24)13-26-17-8-3-2-6-15(17)12-20/h2-11H,13H2,1H3,(H,21,23)(H,22,24)/b10-9+. The average Bonchev–Trinajstić information content (AvgIpc) is 2.69. The molecule has 2 aromatic rings.